The summed E-state index contributed by atoms with van der Waals surface area (Å²) in [5.41, 5.74) is 1.45. The van der Waals surface area contributed by atoms with Crippen LogP contribution in [0, 0.1) is 5.82 Å². The zero-order valence-electron chi connectivity index (χ0n) is 13.3. The van der Waals surface area contributed by atoms with Crippen LogP contribution in [0.15, 0.2) is 65.7 Å². The molecule has 0 atom stereocenters. The second-order valence-electron chi connectivity index (χ2n) is 5.28. The Kier molecular flexibility index (Phi) is 7.15. The summed E-state index contributed by atoms with van der Waals surface area (Å²) in [6, 6.07) is 14.3. The van der Waals surface area contributed by atoms with Crippen molar-refractivity contribution in [3.05, 3.63) is 82.6 Å². The second-order valence-corrected chi connectivity index (χ2v) is 6.19. The van der Waals surface area contributed by atoms with Gasteiger partial charge in [-0.25, -0.2) is 4.39 Å². The number of rotatable bonds is 8. The van der Waals surface area contributed by atoms with Gasteiger partial charge in [-0.15, -0.1) is 6.58 Å². The van der Waals surface area contributed by atoms with Crippen LogP contribution >= 0.6 is 15.9 Å². The Hall–Kier alpha value is -1.98. The molecule has 0 heterocycles. The number of benzene rings is 2. The number of nitrogens with zero attached hydrogens (tertiary/aromatic N) is 1. The van der Waals surface area contributed by atoms with Crippen molar-refractivity contribution in [2.75, 3.05) is 13.2 Å². The Balaban J connectivity index is 1.94. The summed E-state index contributed by atoms with van der Waals surface area (Å²) >= 11 is 3.32. The van der Waals surface area contributed by atoms with Crippen molar-refractivity contribution in [2.24, 2.45) is 0 Å². The summed E-state index contributed by atoms with van der Waals surface area (Å²) in [4.78, 5) is 13.9. The molecule has 126 valence electrons. The predicted octanol–water partition coefficient (Wildman–Crippen LogP) is 4.32. The van der Waals surface area contributed by atoms with Crippen LogP contribution in [0.4, 0.5) is 4.39 Å². The predicted molar refractivity (Wildman–Crippen MR) is 95.8 cm³/mol. The number of carbonyl (C=O) groups excluding carboxylic acids is 1. The van der Waals surface area contributed by atoms with Gasteiger partial charge in [-0.1, -0.05) is 52.3 Å². The van der Waals surface area contributed by atoms with Gasteiger partial charge in [0.2, 0.25) is 5.91 Å². The number of carbonyl (C=O) groups is 1. The minimum atomic E-state index is -0.342. The molecule has 24 heavy (non-hydrogen) atoms. The van der Waals surface area contributed by atoms with Crippen LogP contribution in [0.2, 0.25) is 0 Å². The van der Waals surface area contributed by atoms with Gasteiger partial charge in [0.25, 0.3) is 0 Å². The number of hydrogen-bond acceptors (Lipinski definition) is 2. The SMILES string of the molecule is C=CCN(Cc1cc(Br)ccc1F)C(=O)COCc1ccccc1. The van der Waals surface area contributed by atoms with E-state index in [9.17, 15) is 9.18 Å². The van der Waals surface area contributed by atoms with E-state index in [1.807, 2.05) is 30.3 Å². The van der Waals surface area contributed by atoms with Gasteiger partial charge in [0.05, 0.1) is 6.61 Å². The molecule has 0 N–H and O–H groups in total. The average Bonchev–Trinajstić information content (AvgIpc) is 2.58. The third-order valence-corrected chi connectivity index (χ3v) is 3.90. The first kappa shape index (κ1) is 18.4. The van der Waals surface area contributed by atoms with Crippen LogP contribution in [0.1, 0.15) is 11.1 Å². The Morgan fingerprint density at radius 2 is 2.00 bits per heavy atom. The molecule has 0 unspecified atom stereocenters. The summed E-state index contributed by atoms with van der Waals surface area (Å²) in [7, 11) is 0. The van der Waals surface area contributed by atoms with Crippen LogP contribution < -0.4 is 0 Å². The molecular formula is C19H19BrFNO2. The van der Waals surface area contributed by atoms with E-state index >= 15 is 0 Å². The quantitative estimate of drug-likeness (QED) is 0.627. The summed E-state index contributed by atoms with van der Waals surface area (Å²) in [5, 5.41) is 0. The third-order valence-electron chi connectivity index (χ3n) is 3.41. The van der Waals surface area contributed by atoms with Crippen LogP contribution in [0.25, 0.3) is 0 Å². The topological polar surface area (TPSA) is 29.5 Å². The molecule has 0 radical (unpaired) electrons. The fourth-order valence-electron chi connectivity index (χ4n) is 2.20. The lowest BCUT2D eigenvalue weighted by Gasteiger charge is -2.21. The van der Waals surface area contributed by atoms with Crippen molar-refractivity contribution in [3.63, 3.8) is 0 Å². The Labute approximate surface area is 149 Å². The molecular weight excluding hydrogens is 373 g/mol. The minimum Gasteiger partial charge on any atom is -0.367 e. The van der Waals surface area contributed by atoms with E-state index in [0.29, 0.717) is 18.7 Å². The molecule has 0 saturated heterocycles. The molecule has 2 rings (SSSR count). The van der Waals surface area contributed by atoms with Crippen molar-refractivity contribution in [1.29, 1.82) is 0 Å². The van der Waals surface area contributed by atoms with E-state index in [1.165, 1.54) is 11.0 Å². The Morgan fingerprint density at radius 1 is 1.25 bits per heavy atom. The van der Waals surface area contributed by atoms with Crippen molar-refractivity contribution in [2.45, 2.75) is 13.2 Å². The van der Waals surface area contributed by atoms with Gasteiger partial charge in [0, 0.05) is 23.1 Å². The maximum absolute atomic E-state index is 13.9. The van der Waals surface area contributed by atoms with Crippen molar-refractivity contribution < 1.29 is 13.9 Å². The van der Waals surface area contributed by atoms with E-state index in [1.54, 1.807) is 18.2 Å². The fourth-order valence-corrected chi connectivity index (χ4v) is 2.61. The molecule has 0 aliphatic heterocycles. The second kappa shape index (κ2) is 9.35. The highest BCUT2D eigenvalue weighted by Gasteiger charge is 2.15. The molecule has 0 saturated carbocycles. The summed E-state index contributed by atoms with van der Waals surface area (Å²) < 4.78 is 20.1. The first-order chi connectivity index (χ1) is 11.6. The lowest BCUT2D eigenvalue weighted by molar-refractivity contribution is -0.136. The maximum Gasteiger partial charge on any atom is 0.249 e. The number of halogens is 2. The average molecular weight is 392 g/mol. The fraction of sp³-hybridized carbons (Fsp3) is 0.211. The van der Waals surface area contributed by atoms with Crippen LogP contribution in [-0.2, 0) is 22.7 Å². The largest absolute Gasteiger partial charge is 0.367 e. The van der Waals surface area contributed by atoms with Crippen molar-refractivity contribution in [3.8, 4) is 0 Å². The molecule has 5 heteroatoms. The van der Waals surface area contributed by atoms with Crippen LogP contribution in [0.3, 0.4) is 0 Å². The molecule has 0 spiro atoms. The number of ether oxygens (including phenoxy) is 1. The van der Waals surface area contributed by atoms with E-state index in [2.05, 4.69) is 22.5 Å². The van der Waals surface area contributed by atoms with E-state index in [-0.39, 0.29) is 24.9 Å². The van der Waals surface area contributed by atoms with Gasteiger partial charge < -0.3 is 9.64 Å². The first-order valence-corrected chi connectivity index (χ1v) is 8.33. The highest BCUT2D eigenvalue weighted by Crippen LogP contribution is 2.17. The van der Waals surface area contributed by atoms with E-state index in [4.69, 9.17) is 4.74 Å². The Bertz CT molecular complexity index is 691. The summed E-state index contributed by atoms with van der Waals surface area (Å²) in [6.45, 7) is 4.46. The molecule has 0 aromatic heterocycles. The highest BCUT2D eigenvalue weighted by molar-refractivity contribution is 9.10. The maximum atomic E-state index is 13.9. The van der Waals surface area contributed by atoms with Gasteiger partial charge in [0.15, 0.2) is 0 Å². The monoisotopic (exact) mass is 391 g/mol. The third kappa shape index (κ3) is 5.58. The zero-order chi connectivity index (χ0) is 17.4. The van der Waals surface area contributed by atoms with E-state index in [0.717, 1.165) is 10.0 Å². The molecule has 0 bridgehead atoms. The van der Waals surface area contributed by atoms with Gasteiger partial charge >= 0.3 is 0 Å². The smallest absolute Gasteiger partial charge is 0.249 e. The van der Waals surface area contributed by atoms with Gasteiger partial charge in [-0.2, -0.15) is 0 Å². The highest BCUT2D eigenvalue weighted by atomic mass is 79.9. The van der Waals surface area contributed by atoms with Crippen molar-refractivity contribution >= 4 is 21.8 Å². The van der Waals surface area contributed by atoms with Gasteiger partial charge in [-0.3, -0.25) is 4.79 Å². The molecule has 2 aromatic carbocycles. The van der Waals surface area contributed by atoms with Crippen LogP contribution in [-0.4, -0.2) is 24.0 Å². The molecule has 0 aliphatic rings. The molecule has 3 nitrogen and oxygen atoms in total. The lowest BCUT2D eigenvalue weighted by Crippen LogP contribution is -2.34. The van der Waals surface area contributed by atoms with Gasteiger partial charge in [0.1, 0.15) is 12.4 Å². The molecule has 0 fully saturated rings. The first-order valence-electron chi connectivity index (χ1n) is 7.54. The number of hydrogen-bond donors (Lipinski definition) is 0. The molecule has 2 aromatic rings. The molecule has 0 aliphatic carbocycles. The van der Waals surface area contributed by atoms with Crippen LogP contribution in [0.5, 0.6) is 0 Å². The normalized spacial score (nSPS) is 10.4. The number of amides is 1. The Morgan fingerprint density at radius 3 is 2.71 bits per heavy atom. The summed E-state index contributed by atoms with van der Waals surface area (Å²) in [6.07, 6.45) is 1.62. The summed E-state index contributed by atoms with van der Waals surface area (Å²) in [5.74, 6) is -0.546. The lowest BCUT2D eigenvalue weighted by atomic mass is 10.2. The molecule has 1 amide bonds. The van der Waals surface area contributed by atoms with Crippen molar-refractivity contribution in [1.82, 2.24) is 4.90 Å². The van der Waals surface area contributed by atoms with E-state index < -0.39 is 0 Å². The zero-order valence-corrected chi connectivity index (χ0v) is 14.8. The minimum absolute atomic E-state index is 0.0572. The van der Waals surface area contributed by atoms with Gasteiger partial charge in [-0.05, 0) is 23.8 Å². The standard InChI is InChI=1S/C19H19BrFNO2/c1-2-10-22(12-16-11-17(20)8-9-18(16)21)19(23)14-24-13-15-6-4-3-5-7-15/h2-9,11H,1,10,12-14H2.